The average molecular weight is 455 g/mol. The number of nitrogens with one attached hydrogen (secondary N) is 2. The number of carbonyl (C=O) groups excluding carboxylic acids is 1. The molecule has 8 heteroatoms. The summed E-state index contributed by atoms with van der Waals surface area (Å²) in [5.41, 5.74) is 2.73. The SMILES string of the molecule is O=C1CCc2cc(S(=O)(=O)Nc3ccccc3SCC(O)c3ccccc3)ccc2N1. The van der Waals surface area contributed by atoms with Gasteiger partial charge in [0.15, 0.2) is 0 Å². The van der Waals surface area contributed by atoms with E-state index in [4.69, 9.17) is 0 Å². The lowest BCUT2D eigenvalue weighted by atomic mass is 10.0. The number of aryl methyl sites for hydroxylation is 1. The Balaban J connectivity index is 1.51. The molecule has 0 fully saturated rings. The molecule has 160 valence electrons. The van der Waals surface area contributed by atoms with Gasteiger partial charge in [-0.3, -0.25) is 9.52 Å². The first-order valence-electron chi connectivity index (χ1n) is 9.83. The number of aliphatic hydroxyl groups excluding tert-OH is 1. The number of fused-ring (bicyclic) bond motifs is 1. The van der Waals surface area contributed by atoms with Crippen LogP contribution < -0.4 is 10.0 Å². The molecule has 0 saturated carbocycles. The first kappa shape index (κ1) is 21.4. The van der Waals surface area contributed by atoms with Gasteiger partial charge in [-0.25, -0.2) is 8.42 Å². The maximum atomic E-state index is 13.0. The lowest BCUT2D eigenvalue weighted by Gasteiger charge is -2.18. The minimum atomic E-state index is -3.81. The van der Waals surface area contributed by atoms with E-state index in [1.165, 1.54) is 17.8 Å². The predicted octanol–water partition coefficient (Wildman–Crippen LogP) is 4.20. The number of sulfonamides is 1. The number of hydrogen-bond donors (Lipinski definition) is 3. The summed E-state index contributed by atoms with van der Waals surface area (Å²) >= 11 is 1.38. The van der Waals surface area contributed by atoms with E-state index in [0.29, 0.717) is 30.0 Å². The summed E-state index contributed by atoms with van der Waals surface area (Å²) in [6.45, 7) is 0. The van der Waals surface area contributed by atoms with Crippen LogP contribution in [-0.4, -0.2) is 25.2 Å². The summed E-state index contributed by atoms with van der Waals surface area (Å²) in [6, 6.07) is 21.2. The molecule has 3 N–H and O–H groups in total. The zero-order chi connectivity index (χ0) is 21.8. The van der Waals surface area contributed by atoms with Crippen molar-refractivity contribution >= 4 is 39.1 Å². The molecule has 0 bridgehead atoms. The standard InChI is InChI=1S/C23H22N2O4S2/c26-21(16-6-2-1-3-7-16)15-30-22-9-5-4-8-20(22)25-31(28,29)18-11-12-19-17(14-18)10-13-23(27)24-19/h1-9,11-12,14,21,25-26H,10,13,15H2,(H,24,27). The number of hydrogen-bond acceptors (Lipinski definition) is 5. The fourth-order valence-corrected chi connectivity index (χ4v) is 5.52. The third-order valence-corrected chi connectivity index (χ3v) is 7.51. The number of amides is 1. The lowest BCUT2D eigenvalue weighted by molar-refractivity contribution is -0.116. The van der Waals surface area contributed by atoms with Crippen molar-refractivity contribution < 1.29 is 18.3 Å². The van der Waals surface area contributed by atoms with E-state index in [1.807, 2.05) is 42.5 Å². The first-order chi connectivity index (χ1) is 14.9. The molecule has 3 aromatic rings. The molecule has 0 spiro atoms. The highest BCUT2D eigenvalue weighted by molar-refractivity contribution is 7.99. The Morgan fingerprint density at radius 2 is 1.74 bits per heavy atom. The Bertz CT molecular complexity index is 1200. The topological polar surface area (TPSA) is 95.5 Å². The molecule has 0 saturated heterocycles. The van der Waals surface area contributed by atoms with Gasteiger partial charge in [0.05, 0.1) is 16.7 Å². The quantitative estimate of drug-likeness (QED) is 0.465. The van der Waals surface area contributed by atoms with Gasteiger partial charge in [0.2, 0.25) is 5.91 Å². The van der Waals surface area contributed by atoms with Crippen molar-refractivity contribution in [3.8, 4) is 0 Å². The molecule has 1 unspecified atom stereocenters. The van der Waals surface area contributed by atoms with Crippen LogP contribution >= 0.6 is 11.8 Å². The van der Waals surface area contributed by atoms with E-state index >= 15 is 0 Å². The van der Waals surface area contributed by atoms with Crippen LogP contribution in [0.2, 0.25) is 0 Å². The fraction of sp³-hybridized carbons (Fsp3) is 0.174. The van der Waals surface area contributed by atoms with Crippen molar-refractivity contribution in [3.05, 3.63) is 83.9 Å². The number of aliphatic hydroxyl groups is 1. The van der Waals surface area contributed by atoms with Gasteiger partial charge in [0, 0.05) is 22.8 Å². The minimum absolute atomic E-state index is 0.0649. The highest BCUT2D eigenvalue weighted by Gasteiger charge is 2.21. The summed E-state index contributed by atoms with van der Waals surface area (Å²) in [5, 5.41) is 13.2. The molecule has 3 aromatic carbocycles. The summed E-state index contributed by atoms with van der Waals surface area (Å²) < 4.78 is 28.7. The average Bonchev–Trinajstić information content (AvgIpc) is 2.78. The van der Waals surface area contributed by atoms with Crippen LogP contribution in [0.1, 0.15) is 23.7 Å². The Kier molecular flexibility index (Phi) is 6.31. The van der Waals surface area contributed by atoms with Crippen LogP contribution in [0.4, 0.5) is 11.4 Å². The number of carbonyl (C=O) groups is 1. The molecule has 31 heavy (non-hydrogen) atoms. The van der Waals surface area contributed by atoms with Crippen LogP contribution in [-0.2, 0) is 21.2 Å². The fourth-order valence-electron chi connectivity index (χ4n) is 3.35. The zero-order valence-electron chi connectivity index (χ0n) is 16.6. The van der Waals surface area contributed by atoms with Crippen molar-refractivity contribution in [1.29, 1.82) is 0 Å². The van der Waals surface area contributed by atoms with Gasteiger partial charge in [-0.2, -0.15) is 0 Å². The molecular weight excluding hydrogens is 432 g/mol. The van der Waals surface area contributed by atoms with Crippen molar-refractivity contribution in [2.45, 2.75) is 28.7 Å². The minimum Gasteiger partial charge on any atom is -0.388 e. The van der Waals surface area contributed by atoms with Gasteiger partial charge < -0.3 is 10.4 Å². The molecule has 0 radical (unpaired) electrons. The summed E-state index contributed by atoms with van der Waals surface area (Å²) in [4.78, 5) is 12.4. The van der Waals surface area contributed by atoms with Gasteiger partial charge in [-0.1, -0.05) is 42.5 Å². The number of rotatable bonds is 7. The Hall–Kier alpha value is -2.81. The second-order valence-corrected chi connectivity index (χ2v) is 9.95. The summed E-state index contributed by atoms with van der Waals surface area (Å²) in [5.74, 6) is 0.325. The number of anilines is 2. The predicted molar refractivity (Wildman–Crippen MR) is 123 cm³/mol. The molecular formula is C23H22N2O4S2. The van der Waals surface area contributed by atoms with E-state index in [0.717, 1.165) is 16.0 Å². The Morgan fingerprint density at radius 1 is 1.00 bits per heavy atom. The van der Waals surface area contributed by atoms with Crippen LogP contribution in [0.5, 0.6) is 0 Å². The second-order valence-electron chi connectivity index (χ2n) is 7.21. The number of para-hydroxylation sites is 1. The van der Waals surface area contributed by atoms with E-state index in [2.05, 4.69) is 10.0 Å². The molecule has 4 rings (SSSR count). The second kappa shape index (κ2) is 9.13. The summed E-state index contributed by atoms with van der Waals surface area (Å²) in [7, 11) is -3.81. The van der Waals surface area contributed by atoms with Crippen LogP contribution in [0, 0.1) is 0 Å². The van der Waals surface area contributed by atoms with Gasteiger partial charge in [-0.05, 0) is 47.9 Å². The maximum Gasteiger partial charge on any atom is 0.261 e. The van der Waals surface area contributed by atoms with Gasteiger partial charge >= 0.3 is 0 Å². The third kappa shape index (κ3) is 5.10. The maximum absolute atomic E-state index is 13.0. The third-order valence-electron chi connectivity index (χ3n) is 4.99. The van der Waals surface area contributed by atoms with Crippen LogP contribution in [0.25, 0.3) is 0 Å². The molecule has 6 nitrogen and oxygen atoms in total. The summed E-state index contributed by atoms with van der Waals surface area (Å²) in [6.07, 6.45) is 0.188. The smallest absolute Gasteiger partial charge is 0.261 e. The normalized spacial score (nSPS) is 14.4. The highest BCUT2D eigenvalue weighted by Crippen LogP contribution is 2.32. The number of benzene rings is 3. The largest absolute Gasteiger partial charge is 0.388 e. The van der Waals surface area contributed by atoms with E-state index in [-0.39, 0.29) is 10.8 Å². The van der Waals surface area contributed by atoms with E-state index < -0.39 is 16.1 Å². The van der Waals surface area contributed by atoms with Crippen molar-refractivity contribution in [3.63, 3.8) is 0 Å². The van der Waals surface area contributed by atoms with Gasteiger partial charge in [0.1, 0.15) is 0 Å². The molecule has 1 heterocycles. The zero-order valence-corrected chi connectivity index (χ0v) is 18.2. The highest BCUT2D eigenvalue weighted by atomic mass is 32.2. The molecule has 1 atom stereocenters. The lowest BCUT2D eigenvalue weighted by Crippen LogP contribution is -2.20. The molecule has 1 aliphatic heterocycles. The van der Waals surface area contributed by atoms with E-state index in [9.17, 15) is 18.3 Å². The van der Waals surface area contributed by atoms with Gasteiger partial charge in [0.25, 0.3) is 10.0 Å². The van der Waals surface area contributed by atoms with Crippen LogP contribution in [0.3, 0.4) is 0 Å². The van der Waals surface area contributed by atoms with Gasteiger partial charge in [-0.15, -0.1) is 11.8 Å². The van der Waals surface area contributed by atoms with E-state index in [1.54, 1.807) is 24.3 Å². The van der Waals surface area contributed by atoms with Crippen molar-refractivity contribution in [2.24, 2.45) is 0 Å². The molecule has 0 aromatic heterocycles. The molecule has 1 amide bonds. The van der Waals surface area contributed by atoms with Crippen molar-refractivity contribution in [2.75, 3.05) is 15.8 Å². The Labute approximate surface area is 185 Å². The first-order valence-corrected chi connectivity index (χ1v) is 12.3. The number of thioether (sulfide) groups is 1. The monoisotopic (exact) mass is 454 g/mol. The molecule has 0 aliphatic carbocycles. The molecule has 1 aliphatic rings. The van der Waals surface area contributed by atoms with Crippen LogP contribution in [0.15, 0.2) is 82.6 Å². The van der Waals surface area contributed by atoms with Crippen molar-refractivity contribution in [1.82, 2.24) is 0 Å². The Morgan fingerprint density at radius 3 is 2.55 bits per heavy atom.